The van der Waals surface area contributed by atoms with Crippen LogP contribution in [0.3, 0.4) is 0 Å². The molecule has 1 saturated heterocycles. The number of hydrogen-bond donors (Lipinski definition) is 0. The van der Waals surface area contributed by atoms with Gasteiger partial charge in [0.25, 0.3) is 0 Å². The standard InChI is InChI=1S/C13H21NO6/c1-13(2,3)20-12(17)14-6-8(10(15)18-4)9(7-14)11(16)19-5/h8-9H,6-7H2,1-5H3/t8-,9+. The summed E-state index contributed by atoms with van der Waals surface area (Å²) in [6.07, 6.45) is -0.558. The zero-order valence-electron chi connectivity index (χ0n) is 12.5. The first-order valence-electron chi connectivity index (χ1n) is 6.33. The fourth-order valence-corrected chi connectivity index (χ4v) is 2.06. The largest absolute Gasteiger partial charge is 0.469 e. The molecule has 0 aliphatic carbocycles. The Kier molecular flexibility index (Phi) is 4.97. The van der Waals surface area contributed by atoms with E-state index >= 15 is 0 Å². The number of carbonyl (C=O) groups excluding carboxylic acids is 3. The van der Waals surface area contributed by atoms with Gasteiger partial charge in [-0.3, -0.25) is 9.59 Å². The van der Waals surface area contributed by atoms with E-state index in [9.17, 15) is 14.4 Å². The molecule has 114 valence electrons. The molecule has 20 heavy (non-hydrogen) atoms. The monoisotopic (exact) mass is 287 g/mol. The van der Waals surface area contributed by atoms with E-state index in [-0.39, 0.29) is 13.1 Å². The summed E-state index contributed by atoms with van der Waals surface area (Å²) in [4.78, 5) is 36.7. The molecule has 0 saturated carbocycles. The molecule has 1 rings (SSSR count). The number of amides is 1. The maximum absolute atomic E-state index is 12.0. The Labute approximate surface area is 118 Å². The molecule has 1 amide bonds. The molecular formula is C13H21NO6. The lowest BCUT2D eigenvalue weighted by atomic mass is 9.96. The normalized spacial score (nSPS) is 22.4. The zero-order valence-corrected chi connectivity index (χ0v) is 12.5. The van der Waals surface area contributed by atoms with Crippen LogP contribution in [0.2, 0.25) is 0 Å². The summed E-state index contributed by atoms with van der Waals surface area (Å²) >= 11 is 0. The second-order valence-electron chi connectivity index (χ2n) is 5.64. The highest BCUT2D eigenvalue weighted by Crippen LogP contribution is 2.27. The predicted octanol–water partition coefficient (Wildman–Crippen LogP) is 0.815. The lowest BCUT2D eigenvalue weighted by Gasteiger charge is -2.24. The number of likely N-dealkylation sites (tertiary alicyclic amines) is 1. The Morgan fingerprint density at radius 2 is 1.35 bits per heavy atom. The number of methoxy groups -OCH3 is 2. The minimum atomic E-state index is -0.722. The first-order chi connectivity index (χ1) is 9.19. The second kappa shape index (κ2) is 6.11. The molecule has 0 radical (unpaired) electrons. The van der Waals surface area contributed by atoms with Crippen LogP contribution in [0.4, 0.5) is 4.79 Å². The molecule has 0 aromatic carbocycles. The highest BCUT2D eigenvalue weighted by atomic mass is 16.6. The topological polar surface area (TPSA) is 82.1 Å². The fourth-order valence-electron chi connectivity index (χ4n) is 2.06. The highest BCUT2D eigenvalue weighted by molar-refractivity contribution is 5.84. The molecule has 0 bridgehead atoms. The van der Waals surface area contributed by atoms with Crippen molar-refractivity contribution < 1.29 is 28.6 Å². The minimum absolute atomic E-state index is 0.0847. The van der Waals surface area contributed by atoms with Gasteiger partial charge in [0.1, 0.15) is 5.60 Å². The van der Waals surface area contributed by atoms with Crippen molar-refractivity contribution in [3.63, 3.8) is 0 Å². The molecule has 7 heteroatoms. The second-order valence-corrected chi connectivity index (χ2v) is 5.64. The minimum Gasteiger partial charge on any atom is -0.469 e. The molecule has 7 nitrogen and oxygen atoms in total. The van der Waals surface area contributed by atoms with Crippen molar-refractivity contribution in [3.05, 3.63) is 0 Å². The Morgan fingerprint density at radius 1 is 0.950 bits per heavy atom. The zero-order chi connectivity index (χ0) is 15.5. The molecule has 2 atom stereocenters. The lowest BCUT2D eigenvalue weighted by Crippen LogP contribution is -2.36. The van der Waals surface area contributed by atoms with E-state index < -0.39 is 35.5 Å². The molecule has 0 aromatic rings. The number of rotatable bonds is 2. The van der Waals surface area contributed by atoms with Crippen LogP contribution in [0, 0.1) is 11.8 Å². The average Bonchev–Trinajstić information content (AvgIpc) is 2.80. The van der Waals surface area contributed by atoms with Crippen molar-refractivity contribution >= 4 is 18.0 Å². The van der Waals surface area contributed by atoms with Crippen LogP contribution in [0.1, 0.15) is 20.8 Å². The van der Waals surface area contributed by atoms with Gasteiger partial charge in [0.05, 0.1) is 26.1 Å². The van der Waals surface area contributed by atoms with Crippen molar-refractivity contribution in [2.24, 2.45) is 11.8 Å². The maximum Gasteiger partial charge on any atom is 0.410 e. The molecule has 1 heterocycles. The van der Waals surface area contributed by atoms with Crippen molar-refractivity contribution in [1.82, 2.24) is 4.90 Å². The number of nitrogens with zero attached hydrogens (tertiary/aromatic N) is 1. The number of carbonyl (C=O) groups is 3. The highest BCUT2D eigenvalue weighted by Gasteiger charge is 2.45. The Bertz CT molecular complexity index is 376. The van der Waals surface area contributed by atoms with Crippen LogP contribution in [-0.4, -0.2) is 55.8 Å². The van der Waals surface area contributed by atoms with Gasteiger partial charge >= 0.3 is 18.0 Å². The van der Waals surface area contributed by atoms with Gasteiger partial charge < -0.3 is 19.1 Å². The van der Waals surface area contributed by atoms with Crippen LogP contribution in [0.25, 0.3) is 0 Å². The summed E-state index contributed by atoms with van der Waals surface area (Å²) in [5.74, 6) is -2.52. The van der Waals surface area contributed by atoms with E-state index in [1.54, 1.807) is 20.8 Å². The molecule has 0 aromatic heterocycles. The van der Waals surface area contributed by atoms with E-state index in [4.69, 9.17) is 4.74 Å². The van der Waals surface area contributed by atoms with Gasteiger partial charge in [-0.25, -0.2) is 4.79 Å². The third-order valence-corrected chi connectivity index (χ3v) is 2.98. The summed E-state index contributed by atoms with van der Waals surface area (Å²) in [5.41, 5.74) is -0.638. The predicted molar refractivity (Wildman–Crippen MR) is 68.8 cm³/mol. The van der Waals surface area contributed by atoms with E-state index in [0.717, 1.165) is 0 Å². The van der Waals surface area contributed by atoms with Gasteiger partial charge in [0.15, 0.2) is 0 Å². The molecule has 1 aliphatic rings. The van der Waals surface area contributed by atoms with E-state index in [1.165, 1.54) is 19.1 Å². The van der Waals surface area contributed by atoms with E-state index in [1.807, 2.05) is 0 Å². The molecule has 1 aliphatic heterocycles. The van der Waals surface area contributed by atoms with Crippen LogP contribution >= 0.6 is 0 Å². The van der Waals surface area contributed by atoms with Crippen LogP contribution in [-0.2, 0) is 23.8 Å². The smallest absolute Gasteiger partial charge is 0.410 e. The maximum atomic E-state index is 12.0. The Balaban J connectivity index is 2.82. The van der Waals surface area contributed by atoms with Gasteiger partial charge in [-0.05, 0) is 20.8 Å². The molecule has 0 N–H and O–H groups in total. The van der Waals surface area contributed by atoms with Crippen LogP contribution in [0.5, 0.6) is 0 Å². The molecule has 1 fully saturated rings. The average molecular weight is 287 g/mol. The SMILES string of the molecule is COC(=O)[C@H]1CN(C(=O)OC(C)(C)C)C[C@H]1C(=O)OC. The number of hydrogen-bond acceptors (Lipinski definition) is 6. The van der Waals surface area contributed by atoms with Gasteiger partial charge in [0.2, 0.25) is 0 Å². The lowest BCUT2D eigenvalue weighted by molar-refractivity contribution is -0.155. The summed E-state index contributed by atoms with van der Waals surface area (Å²) in [6.45, 7) is 5.41. The molecule has 0 spiro atoms. The van der Waals surface area contributed by atoms with Crippen LogP contribution < -0.4 is 0 Å². The van der Waals surface area contributed by atoms with Crippen LogP contribution in [0.15, 0.2) is 0 Å². The number of ether oxygens (including phenoxy) is 3. The fraction of sp³-hybridized carbons (Fsp3) is 0.769. The van der Waals surface area contributed by atoms with Crippen molar-refractivity contribution in [3.8, 4) is 0 Å². The Hall–Kier alpha value is -1.79. The van der Waals surface area contributed by atoms with E-state index in [0.29, 0.717) is 0 Å². The van der Waals surface area contributed by atoms with Crippen molar-refractivity contribution in [2.75, 3.05) is 27.3 Å². The summed E-state index contributed by atoms with van der Waals surface area (Å²) in [7, 11) is 2.49. The van der Waals surface area contributed by atoms with Gasteiger partial charge in [-0.1, -0.05) is 0 Å². The third-order valence-electron chi connectivity index (χ3n) is 2.98. The van der Waals surface area contributed by atoms with Crippen molar-refractivity contribution in [1.29, 1.82) is 0 Å². The first kappa shape index (κ1) is 16.3. The van der Waals surface area contributed by atoms with Crippen molar-refractivity contribution in [2.45, 2.75) is 26.4 Å². The molecular weight excluding hydrogens is 266 g/mol. The van der Waals surface area contributed by atoms with Gasteiger partial charge in [-0.2, -0.15) is 0 Å². The summed E-state index contributed by atoms with van der Waals surface area (Å²) in [5, 5.41) is 0. The van der Waals surface area contributed by atoms with Gasteiger partial charge in [0, 0.05) is 13.1 Å². The van der Waals surface area contributed by atoms with Gasteiger partial charge in [-0.15, -0.1) is 0 Å². The quantitative estimate of drug-likeness (QED) is 0.552. The molecule has 0 unspecified atom stereocenters. The number of esters is 2. The summed E-state index contributed by atoms with van der Waals surface area (Å²) < 4.78 is 14.6. The summed E-state index contributed by atoms with van der Waals surface area (Å²) in [6, 6.07) is 0. The van der Waals surface area contributed by atoms with E-state index in [2.05, 4.69) is 9.47 Å². The first-order valence-corrected chi connectivity index (χ1v) is 6.33. The third kappa shape index (κ3) is 3.85. The Morgan fingerprint density at radius 3 is 1.65 bits per heavy atom.